The van der Waals surface area contributed by atoms with Gasteiger partial charge in [0.2, 0.25) is 0 Å². The Kier molecular flexibility index (Phi) is 4.51. The molecule has 3 nitrogen and oxygen atoms in total. The fraction of sp³-hybridized carbons (Fsp3) is 0.667. The number of rotatable bonds is 5. The van der Waals surface area contributed by atoms with Crippen LogP contribution in [0, 0.1) is 0 Å². The van der Waals surface area contributed by atoms with Crippen LogP contribution in [0.25, 0.3) is 0 Å². The molecule has 3 N–H and O–H groups in total. The van der Waals surface area contributed by atoms with Gasteiger partial charge in [-0.2, -0.15) is 0 Å². The molecular formula is C12H22N2O. The zero-order valence-corrected chi connectivity index (χ0v) is 9.92. The van der Waals surface area contributed by atoms with Crippen LogP contribution in [0.4, 0.5) is 0 Å². The molecule has 0 aliphatic heterocycles. The summed E-state index contributed by atoms with van der Waals surface area (Å²) in [5.74, 6) is 0. The third kappa shape index (κ3) is 3.45. The second-order valence-corrected chi connectivity index (χ2v) is 4.19. The van der Waals surface area contributed by atoms with Crippen LogP contribution >= 0.6 is 0 Å². The Balaban J connectivity index is 2.64. The van der Waals surface area contributed by atoms with Crippen LogP contribution in [0.2, 0.25) is 0 Å². The second kappa shape index (κ2) is 5.45. The third-order valence-corrected chi connectivity index (χ3v) is 2.80. The van der Waals surface area contributed by atoms with E-state index in [0.29, 0.717) is 0 Å². The summed E-state index contributed by atoms with van der Waals surface area (Å²) in [6.07, 6.45) is 8.30. The molecule has 0 bridgehead atoms. The average molecular weight is 210 g/mol. The fourth-order valence-electron chi connectivity index (χ4n) is 1.51. The van der Waals surface area contributed by atoms with Gasteiger partial charge in [0.05, 0.1) is 0 Å². The molecule has 2 unspecified atom stereocenters. The lowest BCUT2D eigenvalue weighted by molar-refractivity contribution is 0.00398. The van der Waals surface area contributed by atoms with E-state index in [2.05, 4.69) is 37.6 Å². The predicted octanol–water partition coefficient (Wildman–Crippen LogP) is 1.91. The fourth-order valence-corrected chi connectivity index (χ4v) is 1.51. The molecule has 0 aromatic heterocycles. The Morgan fingerprint density at radius 3 is 2.93 bits per heavy atom. The van der Waals surface area contributed by atoms with Gasteiger partial charge in [-0.3, -0.25) is 4.84 Å². The molecule has 0 spiro atoms. The number of nitrogens with one attached hydrogen (secondary N) is 1. The summed E-state index contributed by atoms with van der Waals surface area (Å²) in [7, 11) is 0. The van der Waals surface area contributed by atoms with Crippen molar-refractivity contribution < 1.29 is 4.84 Å². The van der Waals surface area contributed by atoms with Crippen molar-refractivity contribution in [3.63, 3.8) is 0 Å². The van der Waals surface area contributed by atoms with Gasteiger partial charge in [-0.25, -0.2) is 5.48 Å². The van der Waals surface area contributed by atoms with E-state index < -0.39 is 0 Å². The van der Waals surface area contributed by atoms with Crippen LogP contribution < -0.4 is 11.2 Å². The normalized spacial score (nSPS) is 24.8. The van der Waals surface area contributed by atoms with Crippen LogP contribution in [0.15, 0.2) is 23.8 Å². The van der Waals surface area contributed by atoms with Gasteiger partial charge in [0.15, 0.2) is 0 Å². The Hall–Kier alpha value is -0.640. The van der Waals surface area contributed by atoms with Gasteiger partial charge < -0.3 is 5.73 Å². The van der Waals surface area contributed by atoms with Gasteiger partial charge in [0.1, 0.15) is 6.10 Å². The lowest BCUT2D eigenvalue weighted by Gasteiger charge is -2.28. The number of hydrogen-bond acceptors (Lipinski definition) is 3. The van der Waals surface area contributed by atoms with Crippen LogP contribution in [0.1, 0.15) is 33.6 Å². The smallest absolute Gasteiger partial charge is 0.101 e. The standard InChI is InChI=1S/C12H22N2O/c1-4-12(3,13)10-7-6-8-11(9-10)15-14-5-2/h6-7,9,11,14H,4-5,8,13H2,1-3H3. The minimum atomic E-state index is -0.245. The molecule has 0 fully saturated rings. The maximum atomic E-state index is 6.19. The summed E-state index contributed by atoms with van der Waals surface area (Å²) >= 11 is 0. The highest BCUT2D eigenvalue weighted by molar-refractivity contribution is 5.33. The molecule has 2 atom stereocenters. The quantitative estimate of drug-likeness (QED) is 0.681. The molecule has 0 saturated heterocycles. The zero-order valence-electron chi connectivity index (χ0n) is 9.92. The van der Waals surface area contributed by atoms with Gasteiger partial charge in [0, 0.05) is 12.1 Å². The van der Waals surface area contributed by atoms with Crippen molar-refractivity contribution in [3.05, 3.63) is 23.8 Å². The first-order chi connectivity index (χ1) is 7.10. The molecule has 0 heterocycles. The number of nitrogens with two attached hydrogens (primary N) is 1. The third-order valence-electron chi connectivity index (χ3n) is 2.80. The van der Waals surface area contributed by atoms with Crippen molar-refractivity contribution in [1.29, 1.82) is 0 Å². The van der Waals surface area contributed by atoms with E-state index in [1.165, 1.54) is 5.57 Å². The SMILES string of the molecule is CCNOC1C=C(C(C)(N)CC)C=CC1. The van der Waals surface area contributed by atoms with E-state index >= 15 is 0 Å². The Labute approximate surface area is 92.3 Å². The molecule has 86 valence electrons. The van der Waals surface area contributed by atoms with E-state index in [9.17, 15) is 0 Å². The number of hydroxylamine groups is 1. The highest BCUT2D eigenvalue weighted by atomic mass is 16.7. The summed E-state index contributed by atoms with van der Waals surface area (Å²) in [4.78, 5) is 5.47. The highest BCUT2D eigenvalue weighted by Gasteiger charge is 2.23. The molecule has 1 aliphatic carbocycles. The number of hydrogen-bond donors (Lipinski definition) is 2. The molecule has 0 aromatic rings. The molecular weight excluding hydrogens is 188 g/mol. The summed E-state index contributed by atoms with van der Waals surface area (Å²) < 4.78 is 0. The maximum absolute atomic E-state index is 6.19. The van der Waals surface area contributed by atoms with E-state index in [0.717, 1.165) is 19.4 Å². The van der Waals surface area contributed by atoms with Crippen LogP contribution in [0.3, 0.4) is 0 Å². The van der Waals surface area contributed by atoms with Crippen LogP contribution in [0.5, 0.6) is 0 Å². The van der Waals surface area contributed by atoms with Crippen molar-refractivity contribution in [2.45, 2.75) is 45.3 Å². The summed E-state index contributed by atoms with van der Waals surface area (Å²) in [5.41, 5.74) is 10.00. The lowest BCUT2D eigenvalue weighted by atomic mass is 9.86. The molecule has 15 heavy (non-hydrogen) atoms. The van der Waals surface area contributed by atoms with Gasteiger partial charge in [-0.05, 0) is 31.4 Å². The molecule has 1 aliphatic rings. The monoisotopic (exact) mass is 210 g/mol. The lowest BCUT2D eigenvalue weighted by Crippen LogP contribution is -2.38. The second-order valence-electron chi connectivity index (χ2n) is 4.19. The first kappa shape index (κ1) is 12.4. The topological polar surface area (TPSA) is 47.3 Å². The maximum Gasteiger partial charge on any atom is 0.101 e. The molecule has 3 heteroatoms. The first-order valence-corrected chi connectivity index (χ1v) is 5.66. The zero-order chi connectivity index (χ0) is 11.3. The van der Waals surface area contributed by atoms with Crippen molar-refractivity contribution in [2.24, 2.45) is 5.73 Å². The summed E-state index contributed by atoms with van der Waals surface area (Å²) in [6, 6.07) is 0. The van der Waals surface area contributed by atoms with Gasteiger partial charge in [-0.15, -0.1) is 0 Å². The Morgan fingerprint density at radius 1 is 1.60 bits per heavy atom. The van der Waals surface area contributed by atoms with E-state index in [4.69, 9.17) is 10.6 Å². The Bertz CT molecular complexity index is 256. The minimum absolute atomic E-state index is 0.111. The Morgan fingerprint density at radius 2 is 2.33 bits per heavy atom. The van der Waals surface area contributed by atoms with Crippen molar-refractivity contribution >= 4 is 0 Å². The highest BCUT2D eigenvalue weighted by Crippen LogP contribution is 2.23. The van der Waals surface area contributed by atoms with Gasteiger partial charge in [0.25, 0.3) is 0 Å². The van der Waals surface area contributed by atoms with Crippen LogP contribution in [-0.4, -0.2) is 18.2 Å². The molecule has 0 aromatic carbocycles. The average Bonchev–Trinajstić information content (AvgIpc) is 2.27. The molecule has 0 radical (unpaired) electrons. The van der Waals surface area contributed by atoms with Crippen LogP contribution in [-0.2, 0) is 4.84 Å². The molecule has 1 rings (SSSR count). The van der Waals surface area contributed by atoms with Crippen molar-refractivity contribution in [1.82, 2.24) is 5.48 Å². The molecule has 0 saturated carbocycles. The molecule has 0 amide bonds. The largest absolute Gasteiger partial charge is 0.322 e. The van der Waals surface area contributed by atoms with Crippen molar-refractivity contribution in [3.8, 4) is 0 Å². The van der Waals surface area contributed by atoms with E-state index in [1.807, 2.05) is 6.92 Å². The first-order valence-electron chi connectivity index (χ1n) is 5.66. The van der Waals surface area contributed by atoms with Crippen molar-refractivity contribution in [2.75, 3.05) is 6.54 Å². The van der Waals surface area contributed by atoms with E-state index in [1.54, 1.807) is 0 Å². The minimum Gasteiger partial charge on any atom is -0.322 e. The van der Waals surface area contributed by atoms with Gasteiger partial charge >= 0.3 is 0 Å². The summed E-state index contributed by atoms with van der Waals surface area (Å²) in [6.45, 7) is 6.99. The van der Waals surface area contributed by atoms with E-state index in [-0.39, 0.29) is 11.6 Å². The predicted molar refractivity (Wildman–Crippen MR) is 63.3 cm³/mol. The van der Waals surface area contributed by atoms with Gasteiger partial charge in [-0.1, -0.05) is 26.0 Å². The summed E-state index contributed by atoms with van der Waals surface area (Å²) in [5, 5.41) is 0.